The molecule has 44 heavy (non-hydrogen) atoms. The van der Waals surface area contributed by atoms with Crippen molar-refractivity contribution in [2.45, 2.75) is 15.9 Å². The highest BCUT2D eigenvalue weighted by atomic mass is 35.5. The Hall–Kier alpha value is -4.15. The third-order valence-electron chi connectivity index (χ3n) is 6.89. The monoisotopic (exact) mass is 644 g/mol. The van der Waals surface area contributed by atoms with Gasteiger partial charge in [0.15, 0.2) is 0 Å². The van der Waals surface area contributed by atoms with Crippen LogP contribution in [0.1, 0.15) is 38.0 Å². The minimum atomic E-state index is -3.78. The first kappa shape index (κ1) is 31.3. The first-order valence-electron chi connectivity index (χ1n) is 13.6. The number of nitrogens with one attached hydrogen (secondary N) is 1. The smallest absolute Gasteiger partial charge is 0.335 e. The molecule has 10 heteroatoms. The number of hydrogen-bond acceptors (Lipinski definition) is 6. The molecule has 224 valence electrons. The first-order chi connectivity index (χ1) is 21.2. The lowest BCUT2D eigenvalue weighted by Crippen LogP contribution is -2.27. The van der Waals surface area contributed by atoms with Crippen LogP contribution in [0.4, 0.5) is 0 Å². The Morgan fingerprint density at radius 1 is 0.977 bits per heavy atom. The molecule has 0 saturated carbocycles. The number of pyridine rings is 1. The lowest BCUT2D eigenvalue weighted by molar-refractivity contribution is 0.0697. The summed E-state index contributed by atoms with van der Waals surface area (Å²) >= 11 is 7.71. The van der Waals surface area contributed by atoms with Crippen molar-refractivity contribution in [1.29, 1.82) is 0 Å². The second kappa shape index (κ2) is 14.1. The topological polar surface area (TPSA) is 106 Å². The molecule has 7 nitrogen and oxygen atoms in total. The molecular formula is C34H29ClN2O5S2. The number of carboxylic acid groups (broad SMARTS) is 1. The van der Waals surface area contributed by atoms with Crippen molar-refractivity contribution in [1.82, 2.24) is 9.71 Å². The van der Waals surface area contributed by atoms with Gasteiger partial charge < -0.3 is 9.84 Å². The average Bonchev–Trinajstić information content (AvgIpc) is 3.04. The minimum absolute atomic E-state index is 0.145. The molecule has 0 amide bonds. The zero-order chi connectivity index (χ0) is 31.1. The van der Waals surface area contributed by atoms with Gasteiger partial charge >= 0.3 is 5.97 Å². The molecule has 0 aliphatic heterocycles. The Balaban J connectivity index is 1.37. The van der Waals surface area contributed by atoms with E-state index in [1.165, 1.54) is 19.2 Å². The van der Waals surface area contributed by atoms with Gasteiger partial charge in [0.1, 0.15) is 5.75 Å². The number of thioether (sulfide) groups is 1. The standard InChI is InChI=1S/C34H29ClN2O5S2/c1-42-30-15-17-31(18-16-30)44(40,41)36-21-33(43-22-24-5-8-26(9-6-24)34(38)39)27-4-2-3-23(19-27)7-13-29-14-11-25-10-12-28(35)20-32(25)37-29/h2-20,33,36H,21-22H2,1H3,(H,38,39)/b13-7+. The molecular weight excluding hydrogens is 616 g/mol. The van der Waals surface area contributed by atoms with Gasteiger partial charge in [0.05, 0.1) is 28.8 Å². The Morgan fingerprint density at radius 3 is 2.45 bits per heavy atom. The zero-order valence-corrected chi connectivity index (χ0v) is 26.1. The third-order valence-corrected chi connectivity index (χ3v) is 9.90. The van der Waals surface area contributed by atoms with E-state index in [-0.39, 0.29) is 22.3 Å². The van der Waals surface area contributed by atoms with Crippen molar-refractivity contribution in [3.8, 4) is 5.75 Å². The van der Waals surface area contributed by atoms with Crippen LogP contribution in [0.5, 0.6) is 5.75 Å². The third kappa shape index (κ3) is 8.06. The van der Waals surface area contributed by atoms with Crippen LogP contribution in [-0.4, -0.2) is 38.1 Å². The van der Waals surface area contributed by atoms with E-state index in [0.29, 0.717) is 16.5 Å². The van der Waals surface area contributed by atoms with Gasteiger partial charge in [-0.25, -0.2) is 22.9 Å². The summed E-state index contributed by atoms with van der Waals surface area (Å²) in [5, 5.41) is 10.6. The van der Waals surface area contributed by atoms with Crippen molar-refractivity contribution < 1.29 is 23.1 Å². The van der Waals surface area contributed by atoms with Crippen molar-refractivity contribution in [3.05, 3.63) is 136 Å². The van der Waals surface area contributed by atoms with E-state index < -0.39 is 16.0 Å². The molecule has 4 aromatic carbocycles. The van der Waals surface area contributed by atoms with Crippen LogP contribution in [0.3, 0.4) is 0 Å². The number of nitrogens with zero attached hydrogens (tertiary/aromatic N) is 1. The molecule has 0 fully saturated rings. The number of halogens is 1. The summed E-state index contributed by atoms with van der Waals surface area (Å²) in [6.07, 6.45) is 3.90. The summed E-state index contributed by atoms with van der Waals surface area (Å²) < 4.78 is 34.2. The van der Waals surface area contributed by atoms with E-state index >= 15 is 0 Å². The summed E-state index contributed by atoms with van der Waals surface area (Å²) in [4.78, 5) is 16.1. The van der Waals surface area contributed by atoms with Gasteiger partial charge in [0, 0.05) is 28.0 Å². The number of hydrogen-bond donors (Lipinski definition) is 2. The minimum Gasteiger partial charge on any atom is -0.497 e. The summed E-state index contributed by atoms with van der Waals surface area (Å²) in [5.41, 5.74) is 4.62. The first-order valence-corrected chi connectivity index (χ1v) is 16.5. The number of carboxylic acids is 1. The number of aromatic carboxylic acids is 1. The number of rotatable bonds is 12. The van der Waals surface area contributed by atoms with Crippen molar-refractivity contribution in [2.75, 3.05) is 13.7 Å². The molecule has 0 spiro atoms. The highest BCUT2D eigenvalue weighted by molar-refractivity contribution is 7.98. The molecule has 0 aliphatic carbocycles. The van der Waals surface area contributed by atoms with Crippen LogP contribution in [0, 0.1) is 0 Å². The highest BCUT2D eigenvalue weighted by Gasteiger charge is 2.19. The van der Waals surface area contributed by atoms with Gasteiger partial charge in [-0.3, -0.25) is 0 Å². The molecule has 0 bridgehead atoms. The largest absolute Gasteiger partial charge is 0.497 e. The molecule has 0 saturated heterocycles. The zero-order valence-electron chi connectivity index (χ0n) is 23.7. The summed E-state index contributed by atoms with van der Waals surface area (Å²) in [6.45, 7) is 0.145. The molecule has 1 heterocycles. The van der Waals surface area contributed by atoms with E-state index in [0.717, 1.165) is 33.3 Å². The fourth-order valence-electron chi connectivity index (χ4n) is 4.48. The van der Waals surface area contributed by atoms with Gasteiger partial charge in [-0.2, -0.15) is 0 Å². The van der Waals surface area contributed by atoms with E-state index in [4.69, 9.17) is 16.3 Å². The van der Waals surface area contributed by atoms with E-state index in [2.05, 4.69) is 9.71 Å². The molecule has 2 N–H and O–H groups in total. The molecule has 5 aromatic rings. The lowest BCUT2D eigenvalue weighted by atomic mass is 10.1. The molecule has 5 rings (SSSR count). The van der Waals surface area contributed by atoms with Crippen LogP contribution in [0.25, 0.3) is 23.1 Å². The number of carbonyl (C=O) groups is 1. The van der Waals surface area contributed by atoms with Gasteiger partial charge in [-0.05, 0) is 77.4 Å². The Morgan fingerprint density at radius 2 is 1.73 bits per heavy atom. The molecule has 0 radical (unpaired) electrons. The van der Waals surface area contributed by atoms with Crippen molar-refractivity contribution >= 4 is 62.4 Å². The van der Waals surface area contributed by atoms with Gasteiger partial charge in [0.25, 0.3) is 0 Å². The molecule has 1 atom stereocenters. The van der Waals surface area contributed by atoms with E-state index in [9.17, 15) is 18.3 Å². The maximum Gasteiger partial charge on any atom is 0.335 e. The Kier molecular flexibility index (Phi) is 10.0. The second-order valence-electron chi connectivity index (χ2n) is 9.91. The maximum absolute atomic E-state index is 13.1. The quantitative estimate of drug-likeness (QED) is 0.143. The lowest BCUT2D eigenvalue weighted by Gasteiger charge is -2.19. The van der Waals surface area contributed by atoms with Crippen LogP contribution in [-0.2, 0) is 15.8 Å². The van der Waals surface area contributed by atoms with Crippen molar-refractivity contribution in [2.24, 2.45) is 0 Å². The predicted octanol–water partition coefficient (Wildman–Crippen LogP) is 7.72. The predicted molar refractivity (Wildman–Crippen MR) is 178 cm³/mol. The Labute approximate surface area is 265 Å². The number of fused-ring (bicyclic) bond motifs is 1. The number of aromatic nitrogens is 1. The van der Waals surface area contributed by atoms with E-state index in [1.807, 2.05) is 66.7 Å². The molecule has 1 unspecified atom stereocenters. The normalized spacial score (nSPS) is 12.4. The number of ether oxygens (including phenoxy) is 1. The van der Waals surface area contributed by atoms with Crippen LogP contribution >= 0.6 is 23.4 Å². The van der Waals surface area contributed by atoms with E-state index in [1.54, 1.807) is 48.2 Å². The average molecular weight is 645 g/mol. The summed E-state index contributed by atoms with van der Waals surface area (Å²) in [7, 11) is -2.26. The Bertz CT molecular complexity index is 1910. The van der Waals surface area contributed by atoms with Crippen LogP contribution in [0.15, 0.2) is 108 Å². The summed E-state index contributed by atoms with van der Waals surface area (Å²) in [5.74, 6) is 0.139. The fraction of sp³-hybridized carbons (Fsp3) is 0.118. The van der Waals surface area contributed by atoms with Gasteiger partial charge in [-0.15, -0.1) is 11.8 Å². The SMILES string of the molecule is COc1ccc(S(=O)(=O)NCC(SCc2ccc(C(=O)O)cc2)c2cccc(/C=C/c3ccc4ccc(Cl)cc4n3)c2)cc1. The molecule has 1 aromatic heterocycles. The number of methoxy groups -OCH3 is 1. The second-order valence-corrected chi connectivity index (χ2v) is 13.3. The number of sulfonamides is 1. The fourth-order valence-corrected chi connectivity index (χ4v) is 6.93. The van der Waals surface area contributed by atoms with Crippen molar-refractivity contribution in [3.63, 3.8) is 0 Å². The summed E-state index contributed by atoms with van der Waals surface area (Å²) in [6, 6.07) is 30.4. The van der Waals surface area contributed by atoms with Gasteiger partial charge in [0.2, 0.25) is 10.0 Å². The highest BCUT2D eigenvalue weighted by Crippen LogP contribution is 2.33. The van der Waals surface area contributed by atoms with Crippen LogP contribution in [0.2, 0.25) is 5.02 Å². The number of benzene rings is 4. The molecule has 0 aliphatic rings. The maximum atomic E-state index is 13.1. The van der Waals surface area contributed by atoms with Gasteiger partial charge in [-0.1, -0.05) is 66.2 Å². The van der Waals surface area contributed by atoms with Crippen LogP contribution < -0.4 is 9.46 Å².